The molecular weight excluding hydrogens is 356 g/mol. The third kappa shape index (κ3) is 3.24. The van der Waals surface area contributed by atoms with E-state index >= 15 is 0 Å². The number of aromatic amines is 1. The van der Waals surface area contributed by atoms with Gasteiger partial charge < -0.3 is 20.5 Å². The quantitative estimate of drug-likeness (QED) is 0.646. The number of nitrogens with one attached hydrogen (secondary N) is 3. The molecular formula is C20H26N6O2. The summed E-state index contributed by atoms with van der Waals surface area (Å²) in [6.45, 7) is 7.02. The van der Waals surface area contributed by atoms with E-state index in [2.05, 4.69) is 15.6 Å². The minimum absolute atomic E-state index is 0.146. The van der Waals surface area contributed by atoms with Gasteiger partial charge in [0, 0.05) is 25.1 Å². The lowest BCUT2D eigenvalue weighted by Crippen LogP contribution is -2.34. The summed E-state index contributed by atoms with van der Waals surface area (Å²) < 4.78 is 1.84. The number of aromatic nitrogens is 3. The fraction of sp³-hybridized carbons (Fsp3) is 0.450. The molecule has 2 amide bonds. The number of hydrogen-bond donors (Lipinski definition) is 3. The van der Waals surface area contributed by atoms with E-state index < -0.39 is 0 Å². The van der Waals surface area contributed by atoms with Gasteiger partial charge in [0.25, 0.3) is 5.56 Å². The third-order valence-electron chi connectivity index (χ3n) is 5.51. The normalized spacial score (nSPS) is 15.2. The lowest BCUT2D eigenvalue weighted by molar-refractivity contribution is 0.217. The first-order chi connectivity index (χ1) is 13.6. The topological polar surface area (TPSA) is 94.5 Å². The van der Waals surface area contributed by atoms with E-state index in [1.807, 2.05) is 36.6 Å². The number of H-pyrrole nitrogens is 1. The van der Waals surface area contributed by atoms with Crippen LogP contribution >= 0.6 is 0 Å². The van der Waals surface area contributed by atoms with Gasteiger partial charge in [-0.2, -0.15) is 5.10 Å². The van der Waals surface area contributed by atoms with Gasteiger partial charge in [0.2, 0.25) is 0 Å². The molecule has 0 saturated carbocycles. The predicted molar refractivity (Wildman–Crippen MR) is 110 cm³/mol. The SMILES string of the molecule is CCN(CC)C(=O)Nc1cccc2nn3c(C4CCNCC4)cc(=O)[nH]c3c12. The van der Waals surface area contributed by atoms with E-state index in [-0.39, 0.29) is 17.5 Å². The Morgan fingerprint density at radius 3 is 2.75 bits per heavy atom. The Morgan fingerprint density at radius 1 is 1.29 bits per heavy atom. The molecule has 3 heterocycles. The first kappa shape index (κ1) is 18.5. The summed E-state index contributed by atoms with van der Waals surface area (Å²) in [5, 5.41) is 11.8. The Bertz CT molecular complexity index is 1060. The largest absolute Gasteiger partial charge is 0.325 e. The molecule has 148 valence electrons. The van der Waals surface area contributed by atoms with Gasteiger partial charge in [-0.15, -0.1) is 0 Å². The lowest BCUT2D eigenvalue weighted by atomic mass is 9.94. The smallest absolute Gasteiger partial charge is 0.321 e. The second kappa shape index (κ2) is 7.63. The van der Waals surface area contributed by atoms with Crippen molar-refractivity contribution in [2.75, 3.05) is 31.5 Å². The number of carbonyl (C=O) groups is 1. The average molecular weight is 382 g/mol. The molecule has 0 aliphatic carbocycles. The molecule has 8 heteroatoms. The van der Waals surface area contributed by atoms with Crippen molar-refractivity contribution < 1.29 is 4.79 Å². The number of fused-ring (bicyclic) bond motifs is 3. The summed E-state index contributed by atoms with van der Waals surface area (Å²) in [6.07, 6.45) is 1.95. The molecule has 0 bridgehead atoms. The predicted octanol–water partition coefficient (Wildman–Crippen LogP) is 2.52. The Balaban J connectivity index is 1.85. The summed E-state index contributed by atoms with van der Waals surface area (Å²) in [4.78, 5) is 29.6. The standard InChI is InChI=1S/C20H26N6O2/c1-3-25(4-2)20(28)22-14-6-5-7-15-18(14)19-23-17(27)12-16(26(19)24-15)13-8-10-21-11-9-13/h5-7,12-13,21H,3-4,8-11H2,1-2H3,(H,22,28)(H,23,27). The van der Waals surface area contributed by atoms with Crippen LogP contribution in [-0.4, -0.2) is 51.7 Å². The molecule has 8 nitrogen and oxygen atoms in total. The number of anilines is 1. The van der Waals surface area contributed by atoms with Crippen LogP contribution in [0.15, 0.2) is 29.1 Å². The van der Waals surface area contributed by atoms with E-state index in [1.54, 1.807) is 11.0 Å². The van der Waals surface area contributed by atoms with Crippen LogP contribution in [0.1, 0.15) is 38.3 Å². The molecule has 1 saturated heterocycles. The zero-order valence-corrected chi connectivity index (χ0v) is 16.3. The highest BCUT2D eigenvalue weighted by Gasteiger charge is 2.22. The Morgan fingerprint density at radius 2 is 2.04 bits per heavy atom. The first-order valence-electron chi connectivity index (χ1n) is 9.93. The second-order valence-corrected chi connectivity index (χ2v) is 7.15. The summed E-state index contributed by atoms with van der Waals surface area (Å²) in [5.41, 5.74) is 2.81. The monoisotopic (exact) mass is 382 g/mol. The molecule has 1 fully saturated rings. The van der Waals surface area contributed by atoms with E-state index in [0.29, 0.717) is 24.4 Å². The van der Waals surface area contributed by atoms with Gasteiger partial charge in [-0.05, 0) is 51.9 Å². The number of hydrogen-bond acceptors (Lipinski definition) is 4. The van der Waals surface area contributed by atoms with Gasteiger partial charge in [0.15, 0.2) is 0 Å². The van der Waals surface area contributed by atoms with Crippen molar-refractivity contribution in [3.63, 3.8) is 0 Å². The molecule has 4 rings (SSSR count). The number of nitrogens with zero attached hydrogens (tertiary/aromatic N) is 3. The van der Waals surface area contributed by atoms with Gasteiger partial charge in [0.1, 0.15) is 5.65 Å². The van der Waals surface area contributed by atoms with E-state index in [0.717, 1.165) is 42.5 Å². The maximum atomic E-state index is 12.6. The van der Waals surface area contributed by atoms with Crippen LogP contribution in [0.4, 0.5) is 10.5 Å². The van der Waals surface area contributed by atoms with Crippen LogP contribution in [0.25, 0.3) is 16.6 Å². The summed E-state index contributed by atoms with van der Waals surface area (Å²) in [5.74, 6) is 0.286. The van der Waals surface area contributed by atoms with Crippen LogP contribution in [0.2, 0.25) is 0 Å². The van der Waals surface area contributed by atoms with Crippen molar-refractivity contribution >= 4 is 28.3 Å². The highest BCUT2D eigenvalue weighted by atomic mass is 16.2. The summed E-state index contributed by atoms with van der Waals surface area (Å²) in [6, 6.07) is 7.12. The number of piperidine rings is 1. The Hall–Kier alpha value is -2.87. The number of rotatable bonds is 4. The minimum Gasteiger partial charge on any atom is -0.325 e. The van der Waals surface area contributed by atoms with Gasteiger partial charge in [-0.25, -0.2) is 9.31 Å². The summed E-state index contributed by atoms with van der Waals surface area (Å²) in [7, 11) is 0. The van der Waals surface area contributed by atoms with E-state index in [9.17, 15) is 9.59 Å². The number of carbonyl (C=O) groups excluding carboxylic acids is 1. The average Bonchev–Trinajstić information content (AvgIpc) is 3.08. The van der Waals surface area contributed by atoms with E-state index in [4.69, 9.17) is 5.10 Å². The molecule has 2 aromatic heterocycles. The highest BCUT2D eigenvalue weighted by Crippen LogP contribution is 2.30. The number of amides is 2. The van der Waals surface area contributed by atoms with Crippen LogP contribution in [0.3, 0.4) is 0 Å². The number of benzene rings is 1. The molecule has 0 unspecified atom stereocenters. The van der Waals surface area contributed by atoms with Crippen molar-refractivity contribution in [3.05, 3.63) is 40.3 Å². The molecule has 3 aromatic rings. The van der Waals surface area contributed by atoms with Crippen molar-refractivity contribution in [2.45, 2.75) is 32.6 Å². The molecule has 0 spiro atoms. The van der Waals surface area contributed by atoms with Crippen molar-refractivity contribution in [1.82, 2.24) is 24.8 Å². The Kier molecular flexibility index (Phi) is 5.04. The van der Waals surface area contributed by atoms with Gasteiger partial charge in [-0.3, -0.25) is 4.79 Å². The van der Waals surface area contributed by atoms with Crippen LogP contribution in [-0.2, 0) is 0 Å². The Labute approximate surface area is 162 Å². The maximum absolute atomic E-state index is 12.6. The number of urea groups is 1. The molecule has 1 aromatic carbocycles. The van der Waals surface area contributed by atoms with Crippen molar-refractivity contribution in [1.29, 1.82) is 0 Å². The second-order valence-electron chi connectivity index (χ2n) is 7.15. The molecule has 3 N–H and O–H groups in total. The van der Waals surface area contributed by atoms with Gasteiger partial charge in [0.05, 0.1) is 22.3 Å². The molecule has 28 heavy (non-hydrogen) atoms. The molecule has 1 aliphatic rings. The fourth-order valence-corrected chi connectivity index (χ4v) is 4.00. The van der Waals surface area contributed by atoms with E-state index in [1.165, 1.54) is 0 Å². The lowest BCUT2D eigenvalue weighted by Gasteiger charge is -2.23. The highest BCUT2D eigenvalue weighted by molar-refractivity contribution is 6.07. The van der Waals surface area contributed by atoms with Gasteiger partial charge >= 0.3 is 6.03 Å². The van der Waals surface area contributed by atoms with Crippen molar-refractivity contribution in [2.24, 2.45) is 0 Å². The fourth-order valence-electron chi connectivity index (χ4n) is 4.00. The first-order valence-corrected chi connectivity index (χ1v) is 9.93. The zero-order valence-electron chi connectivity index (χ0n) is 16.3. The third-order valence-corrected chi connectivity index (χ3v) is 5.51. The molecule has 0 radical (unpaired) electrons. The zero-order chi connectivity index (χ0) is 19.7. The minimum atomic E-state index is -0.159. The summed E-state index contributed by atoms with van der Waals surface area (Å²) >= 11 is 0. The van der Waals surface area contributed by atoms with Crippen LogP contribution in [0.5, 0.6) is 0 Å². The molecule has 1 aliphatic heterocycles. The van der Waals surface area contributed by atoms with Crippen LogP contribution in [0, 0.1) is 0 Å². The van der Waals surface area contributed by atoms with Gasteiger partial charge in [-0.1, -0.05) is 6.07 Å². The molecule has 0 atom stereocenters. The van der Waals surface area contributed by atoms with Crippen molar-refractivity contribution in [3.8, 4) is 0 Å². The van der Waals surface area contributed by atoms with Crippen LogP contribution < -0.4 is 16.2 Å². The maximum Gasteiger partial charge on any atom is 0.321 e.